The van der Waals surface area contributed by atoms with Gasteiger partial charge >= 0.3 is 0 Å². The van der Waals surface area contributed by atoms with Crippen LogP contribution in [0.5, 0.6) is 0 Å². The first-order valence-corrected chi connectivity index (χ1v) is 7.54. The Morgan fingerprint density at radius 2 is 1.95 bits per heavy atom. The third kappa shape index (κ3) is 4.12. The van der Waals surface area contributed by atoms with Crippen molar-refractivity contribution in [2.24, 2.45) is 0 Å². The van der Waals surface area contributed by atoms with E-state index < -0.39 is 6.10 Å². The number of carbonyl (C=O) groups excluding carboxylic acids is 1. The number of aliphatic hydroxyl groups is 1. The molecule has 4 nitrogen and oxygen atoms in total. The first-order valence-electron chi connectivity index (χ1n) is 7.16. The standard InChI is InChI=1S/C17H20ClNO3/c1-10-8-15(12(3)22-10)11(2)19-17(21)9-16(20)13-4-6-14(18)7-5-13/h4-8,11,16,20H,9H2,1-3H3,(H,19,21). The van der Waals surface area contributed by atoms with E-state index in [4.69, 9.17) is 16.0 Å². The lowest BCUT2D eigenvalue weighted by atomic mass is 10.1. The summed E-state index contributed by atoms with van der Waals surface area (Å²) in [5.74, 6) is 1.39. The van der Waals surface area contributed by atoms with E-state index in [0.717, 1.165) is 17.1 Å². The molecule has 0 saturated heterocycles. The molecule has 1 aromatic carbocycles. The maximum atomic E-state index is 12.1. The molecule has 1 aromatic heterocycles. The average Bonchev–Trinajstić information content (AvgIpc) is 2.78. The SMILES string of the molecule is Cc1cc(C(C)NC(=O)CC(O)c2ccc(Cl)cc2)c(C)o1. The summed E-state index contributed by atoms with van der Waals surface area (Å²) in [6.45, 7) is 5.63. The molecular formula is C17H20ClNO3. The number of carbonyl (C=O) groups is 1. The zero-order chi connectivity index (χ0) is 16.3. The topological polar surface area (TPSA) is 62.5 Å². The van der Waals surface area contributed by atoms with Crippen molar-refractivity contribution in [1.29, 1.82) is 0 Å². The quantitative estimate of drug-likeness (QED) is 0.879. The number of aliphatic hydroxyl groups excluding tert-OH is 1. The summed E-state index contributed by atoms with van der Waals surface area (Å²) in [6.07, 6.45) is -0.848. The van der Waals surface area contributed by atoms with Gasteiger partial charge in [0.2, 0.25) is 5.91 Å². The molecule has 0 radical (unpaired) electrons. The number of nitrogens with one attached hydrogen (secondary N) is 1. The van der Waals surface area contributed by atoms with Gasteiger partial charge < -0.3 is 14.8 Å². The lowest BCUT2D eigenvalue weighted by molar-refractivity contribution is -0.123. The highest BCUT2D eigenvalue weighted by Crippen LogP contribution is 2.23. The van der Waals surface area contributed by atoms with Crippen LogP contribution < -0.4 is 5.32 Å². The van der Waals surface area contributed by atoms with E-state index in [9.17, 15) is 9.90 Å². The van der Waals surface area contributed by atoms with E-state index in [1.54, 1.807) is 24.3 Å². The van der Waals surface area contributed by atoms with Crippen LogP contribution >= 0.6 is 11.6 Å². The third-order valence-electron chi connectivity index (χ3n) is 3.56. The summed E-state index contributed by atoms with van der Waals surface area (Å²) >= 11 is 5.81. The highest BCUT2D eigenvalue weighted by Gasteiger charge is 2.18. The predicted octanol–water partition coefficient (Wildman–Crippen LogP) is 3.85. The Labute approximate surface area is 135 Å². The molecule has 5 heteroatoms. The molecule has 0 saturated carbocycles. The Kier molecular flexibility index (Phi) is 5.27. The van der Waals surface area contributed by atoms with Crippen LogP contribution in [0.25, 0.3) is 0 Å². The fraction of sp³-hybridized carbons (Fsp3) is 0.353. The molecule has 22 heavy (non-hydrogen) atoms. The van der Waals surface area contributed by atoms with Crippen molar-refractivity contribution in [3.05, 3.63) is 58.0 Å². The number of benzene rings is 1. The first kappa shape index (κ1) is 16.6. The van der Waals surface area contributed by atoms with Crippen molar-refractivity contribution in [3.8, 4) is 0 Å². The highest BCUT2D eigenvalue weighted by molar-refractivity contribution is 6.30. The molecular weight excluding hydrogens is 302 g/mol. The van der Waals surface area contributed by atoms with E-state index in [1.807, 2.05) is 26.8 Å². The monoisotopic (exact) mass is 321 g/mol. The smallest absolute Gasteiger partial charge is 0.223 e. The second kappa shape index (κ2) is 6.99. The summed E-state index contributed by atoms with van der Waals surface area (Å²) in [5.41, 5.74) is 1.62. The van der Waals surface area contributed by atoms with E-state index in [1.165, 1.54) is 0 Å². The molecule has 2 N–H and O–H groups in total. The number of amides is 1. The van der Waals surface area contributed by atoms with Gasteiger partial charge in [-0.1, -0.05) is 23.7 Å². The van der Waals surface area contributed by atoms with Crippen LogP contribution in [0.1, 0.15) is 48.1 Å². The molecule has 0 spiro atoms. The van der Waals surface area contributed by atoms with Crippen molar-refractivity contribution in [2.45, 2.75) is 39.3 Å². The normalized spacial score (nSPS) is 13.7. The van der Waals surface area contributed by atoms with Crippen LogP contribution in [0, 0.1) is 13.8 Å². The van der Waals surface area contributed by atoms with Gasteiger partial charge in [0.15, 0.2) is 0 Å². The van der Waals surface area contributed by atoms with Gasteiger partial charge in [0.1, 0.15) is 11.5 Å². The van der Waals surface area contributed by atoms with Gasteiger partial charge in [-0.25, -0.2) is 0 Å². The molecule has 0 aliphatic heterocycles. The average molecular weight is 322 g/mol. The summed E-state index contributed by atoms with van der Waals surface area (Å²) in [5, 5.41) is 13.6. The Hall–Kier alpha value is -1.78. The summed E-state index contributed by atoms with van der Waals surface area (Å²) < 4.78 is 5.47. The zero-order valence-corrected chi connectivity index (χ0v) is 13.6. The molecule has 2 atom stereocenters. The first-order chi connectivity index (χ1) is 10.4. The van der Waals surface area contributed by atoms with E-state index in [2.05, 4.69) is 5.32 Å². The summed E-state index contributed by atoms with van der Waals surface area (Å²) in [7, 11) is 0. The lowest BCUT2D eigenvalue weighted by Crippen LogP contribution is -2.28. The van der Waals surface area contributed by atoms with E-state index >= 15 is 0 Å². The van der Waals surface area contributed by atoms with Gasteiger partial charge in [-0.2, -0.15) is 0 Å². The van der Waals surface area contributed by atoms with Crippen molar-refractivity contribution >= 4 is 17.5 Å². The molecule has 0 bridgehead atoms. The van der Waals surface area contributed by atoms with Crippen molar-refractivity contribution in [1.82, 2.24) is 5.32 Å². The number of furan rings is 1. The van der Waals surface area contributed by atoms with Crippen molar-refractivity contribution in [3.63, 3.8) is 0 Å². The van der Waals surface area contributed by atoms with Gasteiger partial charge in [0, 0.05) is 10.6 Å². The van der Waals surface area contributed by atoms with Crippen molar-refractivity contribution < 1.29 is 14.3 Å². The number of halogens is 1. The Morgan fingerprint density at radius 3 is 2.50 bits per heavy atom. The minimum atomic E-state index is -0.850. The molecule has 2 aromatic rings. The van der Waals surface area contributed by atoms with Crippen LogP contribution in [0.2, 0.25) is 5.02 Å². The maximum Gasteiger partial charge on any atom is 0.223 e. The fourth-order valence-electron chi connectivity index (χ4n) is 2.44. The molecule has 1 heterocycles. The summed E-state index contributed by atoms with van der Waals surface area (Å²) in [4.78, 5) is 12.1. The Morgan fingerprint density at radius 1 is 1.32 bits per heavy atom. The predicted molar refractivity (Wildman–Crippen MR) is 85.8 cm³/mol. The molecule has 2 rings (SSSR count). The number of hydrogen-bond donors (Lipinski definition) is 2. The molecule has 2 unspecified atom stereocenters. The molecule has 118 valence electrons. The number of rotatable bonds is 5. The van der Waals surface area contributed by atoms with Gasteiger partial charge in [-0.3, -0.25) is 4.79 Å². The summed E-state index contributed by atoms with van der Waals surface area (Å²) in [6, 6.07) is 8.56. The van der Waals surface area contributed by atoms with Crippen LogP contribution in [-0.2, 0) is 4.79 Å². The lowest BCUT2D eigenvalue weighted by Gasteiger charge is -2.16. The second-order valence-electron chi connectivity index (χ2n) is 5.43. The maximum absolute atomic E-state index is 12.1. The van der Waals surface area contributed by atoms with Gasteiger partial charge in [0.25, 0.3) is 0 Å². The molecule has 1 amide bonds. The fourth-order valence-corrected chi connectivity index (χ4v) is 2.56. The Bertz CT molecular complexity index is 648. The highest BCUT2D eigenvalue weighted by atomic mass is 35.5. The third-order valence-corrected chi connectivity index (χ3v) is 3.81. The number of aryl methyl sites for hydroxylation is 2. The number of hydrogen-bond acceptors (Lipinski definition) is 3. The van der Waals surface area contributed by atoms with Gasteiger partial charge in [-0.15, -0.1) is 0 Å². The van der Waals surface area contributed by atoms with Gasteiger partial charge in [-0.05, 0) is 44.5 Å². The Balaban J connectivity index is 1.94. The molecule has 0 fully saturated rings. The van der Waals surface area contributed by atoms with Gasteiger partial charge in [0.05, 0.1) is 18.6 Å². The zero-order valence-electron chi connectivity index (χ0n) is 12.9. The van der Waals surface area contributed by atoms with Crippen LogP contribution in [0.15, 0.2) is 34.7 Å². The van der Waals surface area contributed by atoms with E-state index in [0.29, 0.717) is 10.6 Å². The second-order valence-corrected chi connectivity index (χ2v) is 5.87. The van der Waals surface area contributed by atoms with E-state index in [-0.39, 0.29) is 18.4 Å². The molecule has 0 aliphatic carbocycles. The largest absolute Gasteiger partial charge is 0.466 e. The molecule has 0 aliphatic rings. The minimum Gasteiger partial charge on any atom is -0.466 e. The van der Waals surface area contributed by atoms with Crippen molar-refractivity contribution in [2.75, 3.05) is 0 Å². The van der Waals surface area contributed by atoms with Crippen LogP contribution in [0.4, 0.5) is 0 Å². The van der Waals surface area contributed by atoms with Crippen LogP contribution in [-0.4, -0.2) is 11.0 Å². The minimum absolute atomic E-state index is 0.00184. The van der Waals surface area contributed by atoms with Crippen LogP contribution in [0.3, 0.4) is 0 Å².